The third-order valence-corrected chi connectivity index (χ3v) is 3.09. The van der Waals surface area contributed by atoms with E-state index in [1.54, 1.807) is 11.9 Å². The molecular formula is C12H15NO3. The zero-order chi connectivity index (χ0) is 11.7. The summed E-state index contributed by atoms with van der Waals surface area (Å²) in [5.41, 5.74) is 0.326. The largest absolute Gasteiger partial charge is 0.508 e. The molecule has 86 valence electrons. The maximum atomic E-state index is 12.0. The fourth-order valence-electron chi connectivity index (χ4n) is 1.86. The lowest BCUT2D eigenvalue weighted by Gasteiger charge is -2.34. The van der Waals surface area contributed by atoms with Crippen LogP contribution >= 0.6 is 0 Å². The average molecular weight is 221 g/mol. The van der Waals surface area contributed by atoms with Crippen LogP contribution in [0.5, 0.6) is 11.5 Å². The topological polar surface area (TPSA) is 60.8 Å². The molecule has 1 fully saturated rings. The summed E-state index contributed by atoms with van der Waals surface area (Å²) in [7, 11) is 1.76. The highest BCUT2D eigenvalue weighted by atomic mass is 16.3. The molecule has 0 aliphatic heterocycles. The number of phenolic OH excluding ortho intramolecular Hbond substituents is 2. The van der Waals surface area contributed by atoms with Crippen molar-refractivity contribution in [1.82, 2.24) is 4.90 Å². The summed E-state index contributed by atoms with van der Waals surface area (Å²) in [4.78, 5) is 13.7. The summed E-state index contributed by atoms with van der Waals surface area (Å²) in [6, 6.07) is 4.26. The second-order valence-corrected chi connectivity index (χ2v) is 4.24. The Hall–Kier alpha value is -1.71. The van der Waals surface area contributed by atoms with Crippen molar-refractivity contribution >= 4 is 5.91 Å². The molecule has 2 rings (SSSR count). The Bertz CT molecular complexity index is 392. The van der Waals surface area contributed by atoms with E-state index < -0.39 is 0 Å². The molecule has 0 spiro atoms. The number of rotatable bonds is 2. The lowest BCUT2D eigenvalue weighted by Crippen LogP contribution is -2.41. The Kier molecular flexibility index (Phi) is 2.73. The molecule has 16 heavy (non-hydrogen) atoms. The van der Waals surface area contributed by atoms with Crippen molar-refractivity contribution in [2.45, 2.75) is 25.3 Å². The SMILES string of the molecule is CN(C(=O)c1cc(O)cc(O)c1)C1CCC1. The highest BCUT2D eigenvalue weighted by molar-refractivity contribution is 5.95. The molecule has 1 aromatic rings. The molecule has 2 N–H and O–H groups in total. The van der Waals surface area contributed by atoms with Gasteiger partial charge in [-0.15, -0.1) is 0 Å². The van der Waals surface area contributed by atoms with Crippen LogP contribution < -0.4 is 0 Å². The fourth-order valence-corrected chi connectivity index (χ4v) is 1.86. The zero-order valence-electron chi connectivity index (χ0n) is 9.18. The molecule has 0 radical (unpaired) electrons. The van der Waals surface area contributed by atoms with Gasteiger partial charge in [-0.05, 0) is 31.4 Å². The van der Waals surface area contributed by atoms with Gasteiger partial charge in [0.05, 0.1) is 0 Å². The van der Waals surface area contributed by atoms with Gasteiger partial charge < -0.3 is 15.1 Å². The first-order valence-electron chi connectivity index (χ1n) is 5.38. The summed E-state index contributed by atoms with van der Waals surface area (Å²) in [5.74, 6) is -0.341. The van der Waals surface area contributed by atoms with Crippen molar-refractivity contribution in [2.75, 3.05) is 7.05 Å². The third-order valence-electron chi connectivity index (χ3n) is 3.09. The van der Waals surface area contributed by atoms with E-state index in [2.05, 4.69) is 0 Å². The van der Waals surface area contributed by atoms with Gasteiger partial charge in [-0.1, -0.05) is 0 Å². The number of amides is 1. The predicted molar refractivity (Wildman–Crippen MR) is 59.5 cm³/mol. The standard InChI is InChI=1S/C12H15NO3/c1-13(9-3-2-4-9)12(16)8-5-10(14)7-11(15)6-8/h5-7,9,14-15H,2-4H2,1H3. The van der Waals surface area contributed by atoms with Crippen LogP contribution in [0.15, 0.2) is 18.2 Å². The van der Waals surface area contributed by atoms with Crippen LogP contribution in [0.1, 0.15) is 29.6 Å². The molecule has 0 unspecified atom stereocenters. The number of aromatic hydroxyl groups is 2. The van der Waals surface area contributed by atoms with Crippen molar-refractivity contribution in [2.24, 2.45) is 0 Å². The molecule has 1 aromatic carbocycles. The quantitative estimate of drug-likeness (QED) is 0.799. The first kappa shape index (κ1) is 10.8. The van der Waals surface area contributed by atoms with Gasteiger partial charge in [0.2, 0.25) is 0 Å². The van der Waals surface area contributed by atoms with Crippen LogP contribution in [-0.4, -0.2) is 34.1 Å². The van der Waals surface area contributed by atoms with E-state index >= 15 is 0 Å². The molecule has 0 atom stereocenters. The monoisotopic (exact) mass is 221 g/mol. The number of hydrogen-bond acceptors (Lipinski definition) is 3. The van der Waals surface area contributed by atoms with Crippen LogP contribution in [0.4, 0.5) is 0 Å². The molecule has 4 nitrogen and oxygen atoms in total. The van der Waals surface area contributed by atoms with E-state index in [1.807, 2.05) is 0 Å². The maximum Gasteiger partial charge on any atom is 0.254 e. The van der Waals surface area contributed by atoms with E-state index in [0.717, 1.165) is 19.3 Å². The lowest BCUT2D eigenvalue weighted by molar-refractivity contribution is 0.0651. The normalized spacial score (nSPS) is 15.6. The Balaban J connectivity index is 2.19. The maximum absolute atomic E-state index is 12.0. The first-order chi connectivity index (χ1) is 7.58. The summed E-state index contributed by atoms with van der Waals surface area (Å²) in [6.07, 6.45) is 3.23. The van der Waals surface area contributed by atoms with Gasteiger partial charge in [0.25, 0.3) is 5.91 Å². The number of carbonyl (C=O) groups is 1. The van der Waals surface area contributed by atoms with Gasteiger partial charge in [0.15, 0.2) is 0 Å². The number of phenols is 2. The Morgan fingerprint density at radius 1 is 1.25 bits per heavy atom. The van der Waals surface area contributed by atoms with Gasteiger partial charge in [-0.2, -0.15) is 0 Å². The molecule has 0 heterocycles. The Labute approximate surface area is 94.1 Å². The molecule has 0 bridgehead atoms. The van der Waals surface area contributed by atoms with Crippen molar-refractivity contribution in [3.63, 3.8) is 0 Å². The van der Waals surface area contributed by atoms with Crippen LogP contribution in [0.3, 0.4) is 0 Å². The van der Waals surface area contributed by atoms with Crippen LogP contribution in [0, 0.1) is 0 Å². The first-order valence-corrected chi connectivity index (χ1v) is 5.38. The van der Waals surface area contributed by atoms with Crippen molar-refractivity contribution in [1.29, 1.82) is 0 Å². The van der Waals surface area contributed by atoms with Gasteiger partial charge in [-0.3, -0.25) is 4.79 Å². The van der Waals surface area contributed by atoms with E-state index in [9.17, 15) is 15.0 Å². The molecule has 1 aliphatic rings. The van der Waals surface area contributed by atoms with Gasteiger partial charge in [0, 0.05) is 24.7 Å². The van der Waals surface area contributed by atoms with E-state index in [-0.39, 0.29) is 17.4 Å². The molecule has 1 amide bonds. The Morgan fingerprint density at radius 2 is 1.81 bits per heavy atom. The highest BCUT2D eigenvalue weighted by Gasteiger charge is 2.26. The van der Waals surface area contributed by atoms with Crippen molar-refractivity contribution in [3.8, 4) is 11.5 Å². The van der Waals surface area contributed by atoms with Gasteiger partial charge in [0.1, 0.15) is 11.5 Å². The lowest BCUT2D eigenvalue weighted by atomic mass is 9.91. The number of benzene rings is 1. The van der Waals surface area contributed by atoms with E-state index in [0.29, 0.717) is 11.6 Å². The number of hydrogen-bond donors (Lipinski definition) is 2. The Morgan fingerprint density at radius 3 is 2.25 bits per heavy atom. The number of carbonyl (C=O) groups excluding carboxylic acids is 1. The van der Waals surface area contributed by atoms with E-state index in [1.165, 1.54) is 18.2 Å². The van der Waals surface area contributed by atoms with Crippen molar-refractivity contribution in [3.05, 3.63) is 23.8 Å². The van der Waals surface area contributed by atoms with Crippen LogP contribution in [0.2, 0.25) is 0 Å². The summed E-state index contributed by atoms with van der Waals surface area (Å²) >= 11 is 0. The highest BCUT2D eigenvalue weighted by Crippen LogP contribution is 2.27. The van der Waals surface area contributed by atoms with Crippen LogP contribution in [-0.2, 0) is 0 Å². The average Bonchev–Trinajstić information content (AvgIpc) is 2.12. The van der Waals surface area contributed by atoms with Gasteiger partial charge >= 0.3 is 0 Å². The summed E-state index contributed by atoms with van der Waals surface area (Å²) in [6.45, 7) is 0. The second kappa shape index (κ2) is 4.04. The predicted octanol–water partition coefficient (Wildman–Crippen LogP) is 1.72. The molecule has 0 saturated heterocycles. The molecule has 4 heteroatoms. The summed E-state index contributed by atoms with van der Waals surface area (Å²) in [5, 5.41) is 18.6. The third kappa shape index (κ3) is 1.96. The fraction of sp³-hybridized carbons (Fsp3) is 0.417. The second-order valence-electron chi connectivity index (χ2n) is 4.24. The van der Waals surface area contributed by atoms with Crippen molar-refractivity contribution < 1.29 is 15.0 Å². The zero-order valence-corrected chi connectivity index (χ0v) is 9.18. The van der Waals surface area contributed by atoms with E-state index in [4.69, 9.17) is 0 Å². The minimum atomic E-state index is -0.157. The smallest absolute Gasteiger partial charge is 0.254 e. The van der Waals surface area contributed by atoms with Gasteiger partial charge in [-0.25, -0.2) is 0 Å². The number of nitrogens with zero attached hydrogens (tertiary/aromatic N) is 1. The minimum absolute atomic E-state index is 0.0923. The summed E-state index contributed by atoms with van der Waals surface area (Å²) < 4.78 is 0. The molecule has 0 aromatic heterocycles. The molecule has 1 aliphatic carbocycles. The molecule has 1 saturated carbocycles. The minimum Gasteiger partial charge on any atom is -0.508 e. The van der Waals surface area contributed by atoms with Crippen LogP contribution in [0.25, 0.3) is 0 Å². The molecular weight excluding hydrogens is 206 g/mol.